The molecular formula is C16H15BrN2O4. The Kier molecular flexibility index (Phi) is 5.59. The quantitative estimate of drug-likeness (QED) is 0.550. The molecule has 0 saturated heterocycles. The number of hydrazone groups is 1. The standard InChI is InChI=1S/C16H15BrN2O4/c1-2-23-15-7-10(3-5-14(15)21)9-18-19-16(22)12-8-11(17)4-6-13(12)20/h3-9,20-21H,2H2,1H3,(H,19,22)/b18-9+. The molecule has 0 heterocycles. The molecule has 0 aromatic heterocycles. The Balaban J connectivity index is 2.08. The van der Waals surface area contributed by atoms with Crippen LogP contribution < -0.4 is 10.2 Å². The van der Waals surface area contributed by atoms with E-state index in [1.165, 1.54) is 24.4 Å². The smallest absolute Gasteiger partial charge is 0.275 e. The van der Waals surface area contributed by atoms with Crippen LogP contribution in [0.2, 0.25) is 0 Å². The van der Waals surface area contributed by atoms with E-state index in [2.05, 4.69) is 26.5 Å². The van der Waals surface area contributed by atoms with Gasteiger partial charge in [-0.1, -0.05) is 15.9 Å². The Morgan fingerprint density at radius 2 is 2.00 bits per heavy atom. The van der Waals surface area contributed by atoms with Gasteiger partial charge in [-0.3, -0.25) is 4.79 Å². The molecule has 2 rings (SSSR count). The van der Waals surface area contributed by atoms with Crippen LogP contribution in [0.25, 0.3) is 0 Å². The van der Waals surface area contributed by atoms with Crippen molar-refractivity contribution in [3.63, 3.8) is 0 Å². The summed E-state index contributed by atoms with van der Waals surface area (Å²) in [5, 5.41) is 23.1. The van der Waals surface area contributed by atoms with Gasteiger partial charge in [0.15, 0.2) is 11.5 Å². The summed E-state index contributed by atoms with van der Waals surface area (Å²) >= 11 is 3.23. The molecule has 0 bridgehead atoms. The molecule has 2 aromatic rings. The van der Waals surface area contributed by atoms with Crippen LogP contribution in [0.3, 0.4) is 0 Å². The highest BCUT2D eigenvalue weighted by Crippen LogP contribution is 2.26. The van der Waals surface area contributed by atoms with Gasteiger partial charge in [0.2, 0.25) is 0 Å². The van der Waals surface area contributed by atoms with Crippen LogP contribution in [0.4, 0.5) is 0 Å². The van der Waals surface area contributed by atoms with Gasteiger partial charge >= 0.3 is 0 Å². The first-order valence-corrected chi connectivity index (χ1v) is 7.58. The Morgan fingerprint density at radius 1 is 1.26 bits per heavy atom. The van der Waals surface area contributed by atoms with Crippen molar-refractivity contribution in [2.75, 3.05) is 6.61 Å². The molecule has 1 amide bonds. The molecule has 0 spiro atoms. The maximum Gasteiger partial charge on any atom is 0.275 e. The van der Waals surface area contributed by atoms with E-state index in [1.54, 1.807) is 18.2 Å². The van der Waals surface area contributed by atoms with E-state index in [1.807, 2.05) is 6.92 Å². The topological polar surface area (TPSA) is 91.2 Å². The average molecular weight is 379 g/mol. The van der Waals surface area contributed by atoms with Gasteiger partial charge in [0.1, 0.15) is 5.75 Å². The molecular weight excluding hydrogens is 364 g/mol. The fourth-order valence-electron chi connectivity index (χ4n) is 1.80. The van der Waals surface area contributed by atoms with Crippen molar-refractivity contribution in [2.24, 2.45) is 5.10 Å². The zero-order valence-corrected chi connectivity index (χ0v) is 13.9. The molecule has 0 unspecified atom stereocenters. The molecule has 0 radical (unpaired) electrons. The van der Waals surface area contributed by atoms with E-state index in [0.717, 1.165) is 0 Å². The second-order valence-corrected chi connectivity index (χ2v) is 5.44. The second-order valence-electron chi connectivity index (χ2n) is 4.52. The summed E-state index contributed by atoms with van der Waals surface area (Å²) in [5.74, 6) is -0.299. The summed E-state index contributed by atoms with van der Waals surface area (Å²) in [6.07, 6.45) is 1.41. The van der Waals surface area contributed by atoms with Crippen LogP contribution in [0.5, 0.6) is 17.2 Å². The van der Waals surface area contributed by atoms with E-state index >= 15 is 0 Å². The highest BCUT2D eigenvalue weighted by molar-refractivity contribution is 9.10. The maximum atomic E-state index is 12.0. The molecule has 23 heavy (non-hydrogen) atoms. The Bertz CT molecular complexity index is 747. The third kappa shape index (κ3) is 4.46. The normalized spacial score (nSPS) is 10.7. The van der Waals surface area contributed by atoms with Gasteiger partial charge in [-0.15, -0.1) is 0 Å². The molecule has 7 heteroatoms. The van der Waals surface area contributed by atoms with Gasteiger partial charge in [0.25, 0.3) is 5.91 Å². The second kappa shape index (κ2) is 7.64. The number of carbonyl (C=O) groups is 1. The minimum absolute atomic E-state index is 0.0343. The molecule has 3 N–H and O–H groups in total. The van der Waals surface area contributed by atoms with Gasteiger partial charge in [0, 0.05) is 4.47 Å². The fraction of sp³-hybridized carbons (Fsp3) is 0.125. The number of benzene rings is 2. The third-order valence-electron chi connectivity index (χ3n) is 2.87. The number of aromatic hydroxyl groups is 2. The largest absolute Gasteiger partial charge is 0.507 e. The molecule has 2 aromatic carbocycles. The number of ether oxygens (including phenoxy) is 1. The summed E-state index contributed by atoms with van der Waals surface area (Å²) in [6.45, 7) is 2.23. The van der Waals surface area contributed by atoms with Crippen LogP contribution in [-0.2, 0) is 0 Å². The highest BCUT2D eigenvalue weighted by atomic mass is 79.9. The molecule has 120 valence electrons. The molecule has 0 fully saturated rings. The average Bonchev–Trinajstić information content (AvgIpc) is 2.53. The van der Waals surface area contributed by atoms with Gasteiger partial charge in [0.05, 0.1) is 18.4 Å². The molecule has 0 aliphatic carbocycles. The minimum Gasteiger partial charge on any atom is -0.507 e. The minimum atomic E-state index is -0.538. The molecule has 0 saturated carbocycles. The fourth-order valence-corrected chi connectivity index (χ4v) is 2.16. The number of phenolic OH excluding ortho intramolecular Hbond substituents is 2. The third-order valence-corrected chi connectivity index (χ3v) is 3.36. The zero-order chi connectivity index (χ0) is 16.8. The van der Waals surface area contributed by atoms with Crippen LogP contribution in [0.1, 0.15) is 22.8 Å². The number of halogens is 1. The SMILES string of the molecule is CCOc1cc(/C=N/NC(=O)c2cc(Br)ccc2O)ccc1O. The van der Waals surface area contributed by atoms with Gasteiger partial charge < -0.3 is 14.9 Å². The predicted molar refractivity (Wildman–Crippen MR) is 90.1 cm³/mol. The van der Waals surface area contributed by atoms with Crippen molar-refractivity contribution < 1.29 is 19.7 Å². The lowest BCUT2D eigenvalue weighted by Gasteiger charge is -2.06. The lowest BCUT2D eigenvalue weighted by atomic mass is 10.2. The van der Waals surface area contributed by atoms with Crippen LogP contribution in [-0.4, -0.2) is 28.9 Å². The van der Waals surface area contributed by atoms with Gasteiger partial charge in [-0.25, -0.2) is 5.43 Å². The number of carbonyl (C=O) groups excluding carboxylic acids is 1. The van der Waals surface area contributed by atoms with Gasteiger partial charge in [-0.05, 0) is 48.9 Å². The number of amides is 1. The zero-order valence-electron chi connectivity index (χ0n) is 12.3. The maximum absolute atomic E-state index is 12.0. The number of hydrogen-bond donors (Lipinski definition) is 3. The van der Waals surface area contributed by atoms with Crippen molar-refractivity contribution in [3.8, 4) is 17.2 Å². The lowest BCUT2D eigenvalue weighted by molar-refractivity contribution is 0.0952. The van der Waals surface area contributed by atoms with E-state index in [9.17, 15) is 15.0 Å². The van der Waals surface area contributed by atoms with Gasteiger partial charge in [-0.2, -0.15) is 5.10 Å². The Hall–Kier alpha value is -2.54. The van der Waals surface area contributed by atoms with E-state index in [-0.39, 0.29) is 17.1 Å². The Morgan fingerprint density at radius 3 is 2.74 bits per heavy atom. The van der Waals surface area contributed by atoms with Crippen molar-refractivity contribution in [1.82, 2.24) is 5.43 Å². The summed E-state index contributed by atoms with van der Waals surface area (Å²) in [7, 11) is 0. The predicted octanol–water partition coefficient (Wildman–Crippen LogP) is 3.02. The van der Waals surface area contributed by atoms with Crippen molar-refractivity contribution in [3.05, 3.63) is 52.0 Å². The molecule has 6 nitrogen and oxygen atoms in total. The van der Waals surface area contributed by atoms with Crippen LogP contribution >= 0.6 is 15.9 Å². The molecule has 0 aliphatic heterocycles. The first kappa shape index (κ1) is 16.8. The molecule has 0 atom stereocenters. The highest BCUT2D eigenvalue weighted by Gasteiger charge is 2.10. The monoisotopic (exact) mass is 378 g/mol. The summed E-state index contributed by atoms with van der Waals surface area (Å²) in [5.41, 5.74) is 3.08. The number of hydrogen-bond acceptors (Lipinski definition) is 5. The summed E-state index contributed by atoms with van der Waals surface area (Å²) in [6, 6.07) is 9.25. The van der Waals surface area contributed by atoms with Crippen LogP contribution in [0.15, 0.2) is 46.0 Å². The van der Waals surface area contributed by atoms with Crippen LogP contribution in [0, 0.1) is 0 Å². The van der Waals surface area contributed by atoms with E-state index in [0.29, 0.717) is 22.4 Å². The first-order valence-electron chi connectivity index (χ1n) is 6.79. The number of nitrogens with zero attached hydrogens (tertiary/aromatic N) is 1. The summed E-state index contributed by atoms with van der Waals surface area (Å²) in [4.78, 5) is 12.0. The number of phenols is 2. The van der Waals surface area contributed by atoms with E-state index in [4.69, 9.17) is 4.74 Å². The van der Waals surface area contributed by atoms with Crippen molar-refractivity contribution >= 4 is 28.1 Å². The molecule has 0 aliphatic rings. The Labute approximate surface area is 141 Å². The van der Waals surface area contributed by atoms with E-state index < -0.39 is 5.91 Å². The number of nitrogens with one attached hydrogen (secondary N) is 1. The number of rotatable bonds is 5. The summed E-state index contributed by atoms with van der Waals surface area (Å²) < 4.78 is 5.94. The first-order chi connectivity index (χ1) is 11.0. The lowest BCUT2D eigenvalue weighted by Crippen LogP contribution is -2.17. The van der Waals surface area contributed by atoms with Crippen molar-refractivity contribution in [2.45, 2.75) is 6.92 Å². The van der Waals surface area contributed by atoms with Crippen molar-refractivity contribution in [1.29, 1.82) is 0 Å².